The van der Waals surface area contributed by atoms with Crippen LogP contribution in [0.1, 0.15) is 239 Å². The maximum Gasteiger partial charge on any atom is 0.312 e. The van der Waals surface area contributed by atoms with Crippen molar-refractivity contribution in [2.75, 3.05) is 9.80 Å². The fourth-order valence-electron chi connectivity index (χ4n) is 12.2. The largest absolute Gasteiger partial charge is 0.502 e. The smallest absolute Gasteiger partial charge is 0.312 e. The number of benzene rings is 6. The van der Waals surface area contributed by atoms with Gasteiger partial charge < -0.3 is 10.2 Å². The van der Waals surface area contributed by atoms with E-state index in [1.54, 1.807) is 36.4 Å². The van der Waals surface area contributed by atoms with E-state index < -0.39 is 67.5 Å². The Balaban J connectivity index is 1.06. The summed E-state index contributed by atoms with van der Waals surface area (Å²) in [5.74, 6) is 7.12. The Bertz CT molecular complexity index is 3460. The zero-order valence-corrected chi connectivity index (χ0v) is 45.0. The molecule has 78 heavy (non-hydrogen) atoms. The highest BCUT2D eigenvalue weighted by atomic mass is 16.6. The van der Waals surface area contributed by atoms with Gasteiger partial charge in [0.25, 0.3) is 23.6 Å². The van der Waals surface area contributed by atoms with Crippen molar-refractivity contribution >= 4 is 57.2 Å². The van der Waals surface area contributed by atoms with Crippen LogP contribution in [0.4, 0.5) is 22.7 Å². The van der Waals surface area contributed by atoms with Crippen LogP contribution in [0.5, 0.6) is 11.5 Å². The molecule has 2 aliphatic carbocycles. The fourth-order valence-corrected chi connectivity index (χ4v) is 12.2. The summed E-state index contributed by atoms with van der Waals surface area (Å²) in [5, 5.41) is 48.9. The first-order valence-corrected chi connectivity index (χ1v) is 27.0. The minimum atomic E-state index is -0.924. The van der Waals surface area contributed by atoms with E-state index in [1.807, 2.05) is 55.4 Å². The number of carbonyl (C=O) groups is 4. The first kappa shape index (κ1) is 52.8. The second kappa shape index (κ2) is 20.4. The topological polar surface area (TPSA) is 202 Å². The SMILES string of the molecule is CC(C)c1cc(C2CCCC2)cc(C(C)C)c1N1C(=O)c2c(C#Cc3ccc(C#Cc4cc([N+](=O)[O-])c(O)c5c4C(=O)N(c4c(C(C)C)cc(C6CCCC6)cc4C(C)C)C5=O)c4ccccc34)cc([N+](=O)[O-])c(O)c2C1=O. The predicted octanol–water partition coefficient (Wildman–Crippen LogP) is 14.3. The number of carbonyl (C=O) groups excluding carboxylic acids is 4. The van der Waals surface area contributed by atoms with Crippen LogP contribution in [0, 0.1) is 43.9 Å². The molecule has 2 N–H and O–H groups in total. The van der Waals surface area contributed by atoms with E-state index >= 15 is 0 Å². The zero-order chi connectivity index (χ0) is 55.8. The van der Waals surface area contributed by atoms with Crippen molar-refractivity contribution in [3.63, 3.8) is 0 Å². The molecule has 14 heteroatoms. The van der Waals surface area contributed by atoms with Crippen LogP contribution in [-0.4, -0.2) is 43.7 Å². The number of aromatic hydroxyl groups is 2. The number of rotatable bonds is 10. The van der Waals surface area contributed by atoms with Crippen molar-refractivity contribution in [3.05, 3.63) is 171 Å². The van der Waals surface area contributed by atoms with Crippen LogP contribution in [0.25, 0.3) is 10.8 Å². The molecule has 2 saturated carbocycles. The van der Waals surface area contributed by atoms with Crippen LogP contribution < -0.4 is 9.80 Å². The van der Waals surface area contributed by atoms with Gasteiger partial charge in [0.2, 0.25) is 11.5 Å². The lowest BCUT2D eigenvalue weighted by Crippen LogP contribution is -2.32. The van der Waals surface area contributed by atoms with E-state index in [1.165, 1.54) is 0 Å². The third-order valence-corrected chi connectivity index (χ3v) is 16.2. The van der Waals surface area contributed by atoms with E-state index in [-0.39, 0.29) is 45.9 Å². The molecule has 0 aromatic heterocycles. The summed E-state index contributed by atoms with van der Waals surface area (Å²) in [6.07, 6.45) is 8.64. The minimum Gasteiger partial charge on any atom is -0.502 e. The molecule has 0 unspecified atom stereocenters. The Morgan fingerprint density at radius 2 is 0.756 bits per heavy atom. The van der Waals surface area contributed by atoms with Gasteiger partial charge in [-0.15, -0.1) is 0 Å². The lowest BCUT2D eigenvalue weighted by Gasteiger charge is -2.28. The summed E-state index contributed by atoms with van der Waals surface area (Å²) < 4.78 is 0. The van der Waals surface area contributed by atoms with E-state index in [4.69, 9.17) is 0 Å². The summed E-state index contributed by atoms with van der Waals surface area (Å²) in [5.41, 5.74) is 3.69. The van der Waals surface area contributed by atoms with Crippen molar-refractivity contribution in [2.24, 2.45) is 0 Å². The number of nitro benzene ring substituents is 2. The molecule has 4 amide bonds. The van der Waals surface area contributed by atoms with E-state index in [0.717, 1.165) is 107 Å². The third-order valence-electron chi connectivity index (χ3n) is 16.2. The van der Waals surface area contributed by atoms with Gasteiger partial charge in [-0.05, 0) is 117 Å². The van der Waals surface area contributed by atoms with Crippen molar-refractivity contribution in [1.29, 1.82) is 0 Å². The monoisotopic (exact) mass is 1040 g/mol. The quantitative estimate of drug-likeness (QED) is 0.0575. The summed E-state index contributed by atoms with van der Waals surface area (Å²) in [6.45, 7) is 15.9. The Morgan fingerprint density at radius 1 is 0.462 bits per heavy atom. The Kier molecular flexibility index (Phi) is 13.8. The highest BCUT2D eigenvalue weighted by molar-refractivity contribution is 6.38. The van der Waals surface area contributed by atoms with Crippen molar-refractivity contribution in [1.82, 2.24) is 0 Å². The van der Waals surface area contributed by atoms with Gasteiger partial charge in [0.1, 0.15) is 11.1 Å². The number of nitro groups is 2. The van der Waals surface area contributed by atoms with Crippen molar-refractivity contribution in [2.45, 2.75) is 142 Å². The van der Waals surface area contributed by atoms with Gasteiger partial charge in [-0.3, -0.25) is 39.4 Å². The van der Waals surface area contributed by atoms with E-state index in [0.29, 0.717) is 45.1 Å². The molecule has 10 rings (SSSR count). The van der Waals surface area contributed by atoms with Gasteiger partial charge in [-0.25, -0.2) is 9.80 Å². The maximum absolute atomic E-state index is 14.9. The first-order valence-electron chi connectivity index (χ1n) is 27.0. The number of phenolic OH excluding ortho intramolecular Hbond substituents is 2. The third kappa shape index (κ3) is 8.83. The Hall–Kier alpha value is -8.62. The maximum atomic E-state index is 14.9. The lowest BCUT2D eigenvalue weighted by molar-refractivity contribution is -0.386. The second-order valence-corrected chi connectivity index (χ2v) is 22.4. The van der Waals surface area contributed by atoms with Crippen LogP contribution in [0.3, 0.4) is 0 Å². The molecule has 6 aromatic carbocycles. The number of phenols is 2. The van der Waals surface area contributed by atoms with E-state index in [2.05, 4.69) is 47.9 Å². The molecule has 0 radical (unpaired) electrons. The number of amides is 4. The number of anilines is 2. The molecular formula is C64H60N4O10. The Morgan fingerprint density at radius 3 is 1.05 bits per heavy atom. The number of imide groups is 2. The average Bonchev–Trinajstić information content (AvgIpc) is 4.44. The minimum absolute atomic E-state index is 0.117. The lowest BCUT2D eigenvalue weighted by atomic mass is 9.85. The molecule has 0 spiro atoms. The summed E-state index contributed by atoms with van der Waals surface area (Å²) >= 11 is 0. The normalized spacial score (nSPS) is 15.5. The van der Waals surface area contributed by atoms with Crippen LogP contribution >= 0.6 is 0 Å². The summed E-state index contributed by atoms with van der Waals surface area (Å²) in [7, 11) is 0. The molecule has 396 valence electrons. The van der Waals surface area contributed by atoms with Crippen molar-refractivity contribution < 1.29 is 39.2 Å². The first-order chi connectivity index (χ1) is 37.2. The number of fused-ring (bicyclic) bond motifs is 3. The van der Waals surface area contributed by atoms with Crippen LogP contribution in [0.15, 0.2) is 72.8 Å². The van der Waals surface area contributed by atoms with Crippen molar-refractivity contribution in [3.8, 4) is 35.2 Å². The predicted molar refractivity (Wildman–Crippen MR) is 299 cm³/mol. The van der Waals surface area contributed by atoms with Gasteiger partial charge in [0.05, 0.1) is 32.3 Å². The zero-order valence-electron chi connectivity index (χ0n) is 45.0. The molecule has 6 aromatic rings. The number of nitrogens with zero attached hydrogens (tertiary/aromatic N) is 4. The van der Waals surface area contributed by atoms with Crippen LogP contribution in [0.2, 0.25) is 0 Å². The highest BCUT2D eigenvalue weighted by Gasteiger charge is 2.47. The molecule has 4 aliphatic rings. The van der Waals surface area contributed by atoms with Crippen LogP contribution in [-0.2, 0) is 0 Å². The summed E-state index contributed by atoms with van der Waals surface area (Å²) in [6, 6.07) is 20.6. The van der Waals surface area contributed by atoms with Gasteiger partial charge >= 0.3 is 11.4 Å². The van der Waals surface area contributed by atoms with E-state index in [9.17, 15) is 49.6 Å². The fraction of sp³-hybridized carbons (Fsp3) is 0.344. The molecule has 0 atom stereocenters. The molecule has 2 heterocycles. The second-order valence-electron chi connectivity index (χ2n) is 22.4. The summed E-state index contributed by atoms with van der Waals surface area (Å²) in [4.78, 5) is 84.5. The molecular weight excluding hydrogens is 985 g/mol. The van der Waals surface area contributed by atoms with Gasteiger partial charge in [-0.1, -0.05) is 153 Å². The van der Waals surface area contributed by atoms with Gasteiger partial charge in [0.15, 0.2) is 0 Å². The number of hydrogen-bond acceptors (Lipinski definition) is 10. The van der Waals surface area contributed by atoms with Gasteiger partial charge in [0, 0.05) is 34.4 Å². The Labute approximate surface area is 452 Å². The average molecular weight is 1050 g/mol. The highest BCUT2D eigenvalue weighted by Crippen LogP contribution is 2.49. The van der Waals surface area contributed by atoms with Gasteiger partial charge in [-0.2, -0.15) is 0 Å². The number of hydrogen-bond donors (Lipinski definition) is 2. The molecule has 2 fully saturated rings. The molecule has 2 aliphatic heterocycles. The molecule has 0 saturated heterocycles. The molecule has 0 bridgehead atoms. The molecule has 14 nitrogen and oxygen atoms in total. The standard InChI is InChI=1S/C64H60N4O10/c1-33(2)47-27-43(37-15-9-10-16-37)28-48(34(3)4)57(47)65-61(71)53-41(31-51(67(75)76)59(69)55(53)63(65)73)25-23-39-21-22-40(46-20-14-13-19-45(39)46)24-26-42-32-52(68(77)78)60(70)56-54(42)62(72)66(64(56)74)58-49(35(5)6)29-44(30-50(58)36(7)8)38-17-11-12-18-38/h13-14,19-22,27-38,69-70H,9-12,15-18H2,1-8H3.